The molecule has 2 aromatic carbocycles. The number of thioether (sulfide) groups is 1. The molecule has 0 saturated carbocycles. The molecule has 0 atom stereocenters. The summed E-state index contributed by atoms with van der Waals surface area (Å²) in [6.45, 7) is 0. The number of hydrogen-bond donors (Lipinski definition) is 1. The molecule has 34 heavy (non-hydrogen) atoms. The largest absolute Gasteiger partial charge is 0.497 e. The molecule has 5 rings (SSSR count). The van der Waals surface area contributed by atoms with E-state index in [1.807, 2.05) is 54.6 Å². The van der Waals surface area contributed by atoms with Gasteiger partial charge in [-0.25, -0.2) is 9.97 Å². The van der Waals surface area contributed by atoms with Crippen LogP contribution < -0.4 is 15.0 Å². The second-order valence-corrected chi connectivity index (χ2v) is 8.42. The summed E-state index contributed by atoms with van der Waals surface area (Å²) >= 11 is 1.62. The van der Waals surface area contributed by atoms with E-state index in [-0.39, 0.29) is 5.56 Å². The number of fused-ring (bicyclic) bond motifs is 3. The molecular formula is C25H21N5O3S. The van der Waals surface area contributed by atoms with Crippen molar-refractivity contribution in [1.82, 2.24) is 19.6 Å². The van der Waals surface area contributed by atoms with Crippen LogP contribution in [0.4, 0.5) is 0 Å². The average molecular weight is 472 g/mol. The van der Waals surface area contributed by atoms with Gasteiger partial charge in [-0.3, -0.25) is 4.79 Å². The van der Waals surface area contributed by atoms with Crippen molar-refractivity contribution in [3.05, 3.63) is 88.6 Å². The molecule has 0 radical (unpaired) electrons. The van der Waals surface area contributed by atoms with Gasteiger partial charge in [0.15, 0.2) is 0 Å². The van der Waals surface area contributed by atoms with Crippen LogP contribution in [0.15, 0.2) is 82.0 Å². The number of benzene rings is 2. The summed E-state index contributed by atoms with van der Waals surface area (Å²) in [7, 11) is 3.25. The van der Waals surface area contributed by atoms with Gasteiger partial charge in [-0.2, -0.15) is 9.78 Å². The van der Waals surface area contributed by atoms with E-state index in [0.717, 1.165) is 32.8 Å². The maximum absolute atomic E-state index is 13.0. The number of aromatic amines is 1. The lowest BCUT2D eigenvalue weighted by Gasteiger charge is -2.09. The van der Waals surface area contributed by atoms with Crippen LogP contribution in [0.1, 0.15) is 11.1 Å². The molecule has 5 aromatic rings. The van der Waals surface area contributed by atoms with Gasteiger partial charge in [0.2, 0.25) is 0 Å². The quantitative estimate of drug-likeness (QED) is 0.278. The molecule has 3 aromatic heterocycles. The maximum Gasteiger partial charge on any atom is 0.298 e. The molecule has 0 aliphatic carbocycles. The third kappa shape index (κ3) is 4.25. The summed E-state index contributed by atoms with van der Waals surface area (Å²) in [5.74, 6) is 2.18. The van der Waals surface area contributed by atoms with Gasteiger partial charge >= 0.3 is 0 Å². The van der Waals surface area contributed by atoms with Crippen molar-refractivity contribution in [3.8, 4) is 11.5 Å². The van der Waals surface area contributed by atoms with E-state index in [9.17, 15) is 4.79 Å². The van der Waals surface area contributed by atoms with E-state index >= 15 is 0 Å². The molecule has 0 bridgehead atoms. The first-order valence-electron chi connectivity index (χ1n) is 10.5. The van der Waals surface area contributed by atoms with E-state index in [1.165, 1.54) is 11.0 Å². The Balaban J connectivity index is 1.44. The fraction of sp³-hybridized carbons (Fsp3) is 0.120. The Labute approximate surface area is 199 Å². The Bertz CT molecular complexity index is 1560. The van der Waals surface area contributed by atoms with E-state index in [1.54, 1.807) is 38.4 Å². The second-order valence-electron chi connectivity index (χ2n) is 7.43. The number of hydrogen-bond acceptors (Lipinski definition) is 7. The summed E-state index contributed by atoms with van der Waals surface area (Å²) in [5, 5.41) is 6.12. The van der Waals surface area contributed by atoms with Crippen molar-refractivity contribution in [3.63, 3.8) is 0 Å². The molecule has 0 saturated heterocycles. The molecule has 1 N–H and O–H groups in total. The maximum atomic E-state index is 13.0. The smallest absolute Gasteiger partial charge is 0.298 e. The predicted molar refractivity (Wildman–Crippen MR) is 134 cm³/mol. The monoisotopic (exact) mass is 471 g/mol. The lowest BCUT2D eigenvalue weighted by Crippen LogP contribution is -2.17. The summed E-state index contributed by atoms with van der Waals surface area (Å²) in [6, 6.07) is 17.2. The van der Waals surface area contributed by atoms with Crippen molar-refractivity contribution in [2.45, 2.75) is 10.8 Å². The summed E-state index contributed by atoms with van der Waals surface area (Å²) in [5.41, 5.74) is 3.36. The summed E-state index contributed by atoms with van der Waals surface area (Å²) in [6.07, 6.45) is 4.83. The number of H-pyrrole nitrogens is 1. The number of ether oxygens (including phenoxy) is 2. The molecule has 9 heteroatoms. The van der Waals surface area contributed by atoms with Crippen molar-refractivity contribution < 1.29 is 9.47 Å². The number of pyridine rings is 1. The van der Waals surface area contributed by atoms with Crippen LogP contribution in [0, 0.1) is 0 Å². The Morgan fingerprint density at radius 3 is 2.79 bits per heavy atom. The van der Waals surface area contributed by atoms with Crippen LogP contribution in [0.5, 0.6) is 11.5 Å². The van der Waals surface area contributed by atoms with E-state index in [2.05, 4.69) is 20.1 Å². The zero-order valence-corrected chi connectivity index (χ0v) is 19.4. The first kappa shape index (κ1) is 21.7. The molecule has 0 unspecified atom stereocenters. The van der Waals surface area contributed by atoms with Crippen LogP contribution in [0.25, 0.3) is 21.9 Å². The van der Waals surface area contributed by atoms with Crippen LogP contribution in [0.2, 0.25) is 0 Å². The van der Waals surface area contributed by atoms with Crippen LogP contribution in [-0.4, -0.2) is 40.1 Å². The van der Waals surface area contributed by atoms with Gasteiger partial charge in [0.1, 0.15) is 28.9 Å². The van der Waals surface area contributed by atoms with Gasteiger partial charge in [0.25, 0.3) is 5.56 Å². The fourth-order valence-electron chi connectivity index (χ4n) is 3.64. The second kappa shape index (κ2) is 9.40. The lowest BCUT2D eigenvalue weighted by molar-refractivity contribution is 0.411. The van der Waals surface area contributed by atoms with Crippen molar-refractivity contribution in [1.29, 1.82) is 0 Å². The van der Waals surface area contributed by atoms with Crippen LogP contribution in [-0.2, 0) is 5.75 Å². The van der Waals surface area contributed by atoms with Crippen molar-refractivity contribution >= 4 is 39.9 Å². The highest BCUT2D eigenvalue weighted by atomic mass is 32.2. The van der Waals surface area contributed by atoms with Crippen molar-refractivity contribution in [2.75, 3.05) is 14.2 Å². The molecule has 0 fully saturated rings. The van der Waals surface area contributed by atoms with Crippen LogP contribution in [0.3, 0.4) is 0 Å². The SMILES string of the molecule is COc1ccc2[nH]c3c(=O)n(/N=C\c4ccc(OC)c(CSc5ccccn5)c4)cnc3c2c1. The topological polar surface area (TPSA) is 94.4 Å². The van der Waals surface area contributed by atoms with Gasteiger partial charge in [0, 0.05) is 28.4 Å². The third-order valence-corrected chi connectivity index (χ3v) is 6.34. The standard InChI is InChI=1S/C25H21N5O3S/c1-32-18-7-8-20-19(12-18)23-24(29-20)25(31)30(15-27-23)28-13-16-6-9-21(33-2)17(11-16)14-34-22-5-3-4-10-26-22/h3-13,15,29H,14H2,1-2H3/b28-13-. The number of aromatic nitrogens is 4. The Hall–Kier alpha value is -4.11. The highest BCUT2D eigenvalue weighted by Crippen LogP contribution is 2.28. The Morgan fingerprint density at radius 2 is 2.00 bits per heavy atom. The molecule has 0 amide bonds. The molecule has 0 aliphatic heterocycles. The molecule has 170 valence electrons. The van der Waals surface area contributed by atoms with E-state index in [0.29, 0.717) is 22.5 Å². The third-order valence-electron chi connectivity index (χ3n) is 5.35. The minimum atomic E-state index is -0.282. The molecular weight excluding hydrogens is 450 g/mol. The predicted octanol–water partition coefficient (Wildman–Crippen LogP) is 4.46. The summed E-state index contributed by atoms with van der Waals surface area (Å²) < 4.78 is 12.0. The average Bonchev–Trinajstić information content (AvgIpc) is 3.26. The normalized spacial score (nSPS) is 11.5. The molecule has 0 aliphatic rings. The van der Waals surface area contributed by atoms with Gasteiger partial charge in [-0.1, -0.05) is 6.07 Å². The van der Waals surface area contributed by atoms with Gasteiger partial charge in [0.05, 0.1) is 25.5 Å². The highest BCUT2D eigenvalue weighted by molar-refractivity contribution is 7.98. The number of nitrogens with one attached hydrogen (secondary N) is 1. The minimum absolute atomic E-state index is 0.282. The Kier molecular flexibility index (Phi) is 6.01. The zero-order valence-electron chi connectivity index (χ0n) is 18.6. The lowest BCUT2D eigenvalue weighted by atomic mass is 10.1. The number of rotatable bonds is 7. The fourth-order valence-corrected chi connectivity index (χ4v) is 4.48. The van der Waals surface area contributed by atoms with Crippen LogP contribution >= 0.6 is 11.8 Å². The van der Waals surface area contributed by atoms with E-state index < -0.39 is 0 Å². The molecule has 3 heterocycles. The number of nitrogens with zero attached hydrogens (tertiary/aromatic N) is 4. The molecule has 8 nitrogen and oxygen atoms in total. The van der Waals surface area contributed by atoms with Crippen molar-refractivity contribution in [2.24, 2.45) is 5.10 Å². The number of methoxy groups -OCH3 is 2. The first-order valence-corrected chi connectivity index (χ1v) is 11.5. The van der Waals surface area contributed by atoms with Gasteiger partial charge in [-0.15, -0.1) is 11.8 Å². The highest BCUT2D eigenvalue weighted by Gasteiger charge is 2.12. The Morgan fingerprint density at radius 1 is 1.09 bits per heavy atom. The van der Waals surface area contributed by atoms with E-state index in [4.69, 9.17) is 9.47 Å². The summed E-state index contributed by atoms with van der Waals surface area (Å²) in [4.78, 5) is 25.0. The zero-order chi connectivity index (χ0) is 23.5. The van der Waals surface area contributed by atoms with Gasteiger partial charge < -0.3 is 14.5 Å². The minimum Gasteiger partial charge on any atom is -0.497 e. The van der Waals surface area contributed by atoms with Gasteiger partial charge in [-0.05, 0) is 54.1 Å². The first-order chi connectivity index (χ1) is 16.7. The molecule has 0 spiro atoms.